The van der Waals surface area contributed by atoms with Gasteiger partial charge in [0.05, 0.1) is 5.69 Å². The molecular formula is C12H20N2OS. The zero-order chi connectivity index (χ0) is 12.1. The minimum atomic E-state index is -0.0525. The summed E-state index contributed by atoms with van der Waals surface area (Å²) in [6.07, 6.45) is 2.15. The van der Waals surface area contributed by atoms with Crippen LogP contribution in [0.15, 0.2) is 11.4 Å². The van der Waals surface area contributed by atoms with Gasteiger partial charge in [0.2, 0.25) is 0 Å². The van der Waals surface area contributed by atoms with Gasteiger partial charge in [-0.05, 0) is 30.7 Å². The van der Waals surface area contributed by atoms with E-state index in [1.54, 1.807) is 6.07 Å². The molecular weight excluding hydrogens is 220 g/mol. The first-order valence-electron chi connectivity index (χ1n) is 5.68. The summed E-state index contributed by atoms with van der Waals surface area (Å²) in [5.74, 6) is 0.583. The van der Waals surface area contributed by atoms with Crippen molar-refractivity contribution in [2.75, 3.05) is 5.73 Å². The first-order valence-corrected chi connectivity index (χ1v) is 6.56. The Kier molecular flexibility index (Phi) is 4.80. The second-order valence-electron chi connectivity index (χ2n) is 4.33. The van der Waals surface area contributed by atoms with Crippen molar-refractivity contribution in [3.63, 3.8) is 0 Å². The molecule has 90 valence electrons. The van der Waals surface area contributed by atoms with Crippen LogP contribution in [-0.2, 0) is 0 Å². The fourth-order valence-corrected chi connectivity index (χ4v) is 2.34. The van der Waals surface area contributed by atoms with Crippen LogP contribution in [0.5, 0.6) is 0 Å². The molecule has 0 bridgehead atoms. The summed E-state index contributed by atoms with van der Waals surface area (Å²) in [6.45, 7) is 6.40. The van der Waals surface area contributed by atoms with E-state index >= 15 is 0 Å². The lowest BCUT2D eigenvalue weighted by molar-refractivity contribution is 0.0940. The molecule has 3 N–H and O–H groups in total. The zero-order valence-electron chi connectivity index (χ0n) is 10.1. The van der Waals surface area contributed by atoms with Gasteiger partial charge in [0.1, 0.15) is 4.88 Å². The van der Waals surface area contributed by atoms with Crippen molar-refractivity contribution >= 4 is 22.9 Å². The second-order valence-corrected chi connectivity index (χ2v) is 5.24. The van der Waals surface area contributed by atoms with Crippen molar-refractivity contribution in [2.24, 2.45) is 5.92 Å². The molecule has 1 heterocycles. The quantitative estimate of drug-likeness (QED) is 0.831. The summed E-state index contributed by atoms with van der Waals surface area (Å²) in [5.41, 5.74) is 6.26. The average molecular weight is 240 g/mol. The summed E-state index contributed by atoms with van der Waals surface area (Å²) in [6, 6.07) is 1.96. The molecule has 1 aromatic heterocycles. The SMILES string of the molecule is CCC(C)CC(C)NC(=O)c1sccc1N. The predicted molar refractivity (Wildman–Crippen MR) is 69.7 cm³/mol. The molecule has 0 saturated carbocycles. The largest absolute Gasteiger partial charge is 0.397 e. The summed E-state index contributed by atoms with van der Waals surface area (Å²) in [7, 11) is 0. The van der Waals surface area contributed by atoms with E-state index in [-0.39, 0.29) is 11.9 Å². The number of rotatable bonds is 5. The molecule has 1 amide bonds. The number of carbonyl (C=O) groups is 1. The van der Waals surface area contributed by atoms with Crippen LogP contribution in [0.4, 0.5) is 5.69 Å². The first kappa shape index (κ1) is 13.0. The average Bonchev–Trinajstić information content (AvgIpc) is 2.63. The Balaban J connectivity index is 2.49. The minimum absolute atomic E-state index is 0.0525. The first-order chi connectivity index (χ1) is 7.54. The third kappa shape index (κ3) is 3.52. The van der Waals surface area contributed by atoms with Crippen molar-refractivity contribution in [1.29, 1.82) is 0 Å². The Bertz CT molecular complexity index is 349. The Morgan fingerprint density at radius 2 is 2.25 bits per heavy atom. The number of hydrogen-bond acceptors (Lipinski definition) is 3. The standard InChI is InChI=1S/C12H20N2OS/c1-4-8(2)7-9(3)14-12(15)11-10(13)5-6-16-11/h5-6,8-9H,4,7,13H2,1-3H3,(H,14,15). The minimum Gasteiger partial charge on any atom is -0.397 e. The molecule has 16 heavy (non-hydrogen) atoms. The Labute approximate surface area is 101 Å². The molecule has 0 aliphatic heterocycles. The van der Waals surface area contributed by atoms with Gasteiger partial charge < -0.3 is 11.1 Å². The van der Waals surface area contributed by atoms with Gasteiger partial charge in [0, 0.05) is 6.04 Å². The van der Waals surface area contributed by atoms with Crippen molar-refractivity contribution in [2.45, 2.75) is 39.7 Å². The van der Waals surface area contributed by atoms with Crippen molar-refractivity contribution in [3.05, 3.63) is 16.3 Å². The molecule has 0 saturated heterocycles. The number of hydrogen-bond donors (Lipinski definition) is 2. The summed E-state index contributed by atoms with van der Waals surface area (Å²) < 4.78 is 0. The second kappa shape index (κ2) is 5.89. The number of nitrogens with one attached hydrogen (secondary N) is 1. The lowest BCUT2D eigenvalue weighted by Crippen LogP contribution is -2.33. The van der Waals surface area contributed by atoms with E-state index in [0.29, 0.717) is 16.5 Å². The monoisotopic (exact) mass is 240 g/mol. The molecule has 0 aliphatic rings. The number of amides is 1. The van der Waals surface area contributed by atoms with Gasteiger partial charge in [-0.25, -0.2) is 0 Å². The van der Waals surface area contributed by atoms with E-state index in [1.807, 2.05) is 12.3 Å². The fourth-order valence-electron chi connectivity index (χ4n) is 1.62. The molecule has 2 unspecified atom stereocenters. The molecule has 0 spiro atoms. The lowest BCUT2D eigenvalue weighted by atomic mass is 10.0. The summed E-state index contributed by atoms with van der Waals surface area (Å²) in [4.78, 5) is 12.4. The van der Waals surface area contributed by atoms with E-state index in [2.05, 4.69) is 19.2 Å². The highest BCUT2D eigenvalue weighted by molar-refractivity contribution is 7.12. The number of thiophene rings is 1. The molecule has 4 heteroatoms. The predicted octanol–water partition coefficient (Wildman–Crippen LogP) is 2.88. The highest BCUT2D eigenvalue weighted by atomic mass is 32.1. The fraction of sp³-hybridized carbons (Fsp3) is 0.583. The highest BCUT2D eigenvalue weighted by Gasteiger charge is 2.14. The van der Waals surface area contributed by atoms with Gasteiger partial charge in [-0.3, -0.25) is 4.79 Å². The maximum atomic E-state index is 11.8. The van der Waals surface area contributed by atoms with Gasteiger partial charge in [0.15, 0.2) is 0 Å². The van der Waals surface area contributed by atoms with E-state index < -0.39 is 0 Å². The summed E-state index contributed by atoms with van der Waals surface area (Å²) in [5, 5.41) is 4.82. The van der Waals surface area contributed by atoms with Gasteiger partial charge in [-0.1, -0.05) is 20.3 Å². The molecule has 2 atom stereocenters. The highest BCUT2D eigenvalue weighted by Crippen LogP contribution is 2.19. The van der Waals surface area contributed by atoms with Crippen molar-refractivity contribution in [1.82, 2.24) is 5.32 Å². The Morgan fingerprint density at radius 1 is 1.56 bits per heavy atom. The van der Waals surface area contributed by atoms with Crippen LogP contribution in [0, 0.1) is 5.92 Å². The molecule has 0 aromatic carbocycles. The van der Waals surface area contributed by atoms with E-state index in [9.17, 15) is 4.79 Å². The van der Waals surface area contributed by atoms with Gasteiger partial charge in [0.25, 0.3) is 5.91 Å². The van der Waals surface area contributed by atoms with Crippen LogP contribution < -0.4 is 11.1 Å². The van der Waals surface area contributed by atoms with Crippen LogP contribution in [0.2, 0.25) is 0 Å². The summed E-state index contributed by atoms with van der Waals surface area (Å²) >= 11 is 1.39. The van der Waals surface area contributed by atoms with Crippen molar-refractivity contribution < 1.29 is 4.79 Å². The zero-order valence-corrected chi connectivity index (χ0v) is 10.9. The molecule has 0 fully saturated rings. The maximum absolute atomic E-state index is 11.8. The maximum Gasteiger partial charge on any atom is 0.263 e. The lowest BCUT2D eigenvalue weighted by Gasteiger charge is -2.17. The topological polar surface area (TPSA) is 55.1 Å². The van der Waals surface area contributed by atoms with E-state index in [0.717, 1.165) is 12.8 Å². The normalized spacial score (nSPS) is 14.4. The Hall–Kier alpha value is -1.03. The molecule has 0 aliphatic carbocycles. The number of nitrogens with two attached hydrogens (primary N) is 1. The van der Waals surface area contributed by atoms with Crippen LogP contribution >= 0.6 is 11.3 Å². The molecule has 3 nitrogen and oxygen atoms in total. The van der Waals surface area contributed by atoms with E-state index in [1.165, 1.54) is 11.3 Å². The van der Waals surface area contributed by atoms with Gasteiger partial charge >= 0.3 is 0 Å². The number of nitrogen functional groups attached to an aromatic ring is 1. The van der Waals surface area contributed by atoms with Crippen LogP contribution in [0.3, 0.4) is 0 Å². The number of carbonyl (C=O) groups excluding carboxylic acids is 1. The third-order valence-corrected chi connectivity index (χ3v) is 3.66. The Morgan fingerprint density at radius 3 is 2.75 bits per heavy atom. The van der Waals surface area contributed by atoms with E-state index in [4.69, 9.17) is 5.73 Å². The number of anilines is 1. The van der Waals surface area contributed by atoms with Crippen LogP contribution in [-0.4, -0.2) is 11.9 Å². The molecule has 0 radical (unpaired) electrons. The van der Waals surface area contributed by atoms with Crippen molar-refractivity contribution in [3.8, 4) is 0 Å². The van der Waals surface area contributed by atoms with Crippen LogP contribution in [0.1, 0.15) is 43.3 Å². The molecule has 1 aromatic rings. The van der Waals surface area contributed by atoms with Gasteiger partial charge in [-0.15, -0.1) is 11.3 Å². The smallest absolute Gasteiger partial charge is 0.263 e. The third-order valence-electron chi connectivity index (χ3n) is 2.73. The molecule has 1 rings (SSSR count). The van der Waals surface area contributed by atoms with Crippen LogP contribution in [0.25, 0.3) is 0 Å². The van der Waals surface area contributed by atoms with Gasteiger partial charge in [-0.2, -0.15) is 0 Å².